The van der Waals surface area contributed by atoms with E-state index >= 15 is 0 Å². The molecule has 0 aromatic heterocycles. The molecule has 0 saturated heterocycles. The topological polar surface area (TPSA) is 313 Å². The molecule has 0 unspecified atom stereocenters. The van der Waals surface area contributed by atoms with Gasteiger partial charge >= 0.3 is 88.7 Å². The number of aliphatic carboxylic acids is 3. The maximum atomic E-state index is 10.1. The quantitative estimate of drug-likeness (QED) is 0.135. The Morgan fingerprint density at radius 1 is 0.643 bits per heavy atom. The van der Waals surface area contributed by atoms with Gasteiger partial charge in [0.15, 0.2) is 0 Å². The molecule has 0 amide bonds. The summed E-state index contributed by atoms with van der Waals surface area (Å²) in [7, 11) is 0. The van der Waals surface area contributed by atoms with Gasteiger partial charge in [0.2, 0.25) is 0 Å². The van der Waals surface area contributed by atoms with E-state index in [1.165, 1.54) is 0 Å². The Morgan fingerprint density at radius 2 is 0.786 bits per heavy atom. The van der Waals surface area contributed by atoms with Crippen LogP contribution in [-0.4, -0.2) is 68.6 Å². The minimum absolute atomic E-state index is 0. The summed E-state index contributed by atoms with van der Waals surface area (Å²) in [5, 5.41) is 38.9. The third-order valence-corrected chi connectivity index (χ3v) is 1.25. The van der Waals surface area contributed by atoms with E-state index in [-0.39, 0.29) is 88.7 Å². The van der Waals surface area contributed by atoms with Crippen molar-refractivity contribution >= 4 is 52.0 Å². The number of carbonyl (C=O) groups excluding carboxylic acids is 3. The Kier molecular flexibility index (Phi) is 48.4. The predicted molar refractivity (Wildman–Crippen MR) is 69.4 cm³/mol. The smallest absolute Gasteiger partial charge is 0.550 e. The van der Waals surface area contributed by atoms with Crippen LogP contribution in [0.5, 0.6) is 0 Å². The van der Waals surface area contributed by atoms with Gasteiger partial charge in [-0.25, -0.2) is 0 Å². The maximum absolute atomic E-state index is 10.1. The Bertz CT molecular complexity index is 443. The van der Waals surface area contributed by atoms with Crippen molar-refractivity contribution < 1.29 is 163 Å². The number of aliphatic hydroxyl groups is 1. The standard InChI is InChI=1S/C6H8O7.3Na.3H2O3S/c7-3(8)1-6(13,5(11)12)2-4(9)10;;;;3*1-4(2)3/h13H,1-2H2,(H,7,8)(H,9,10)(H,11,12);;;;3*(H2,1,2,3)/q;3*+1;;;/p-3. The molecule has 0 bridgehead atoms. The Hall–Kier alpha value is 1.58. The predicted octanol–water partition coefficient (Wildman–Crippen LogP) is -15.2. The molecule has 0 aromatic rings. The zero-order valence-electron chi connectivity index (χ0n) is 14.4. The van der Waals surface area contributed by atoms with Crippen molar-refractivity contribution in [2.45, 2.75) is 18.4 Å². The van der Waals surface area contributed by atoms with E-state index in [0.29, 0.717) is 0 Å². The van der Waals surface area contributed by atoms with Crippen molar-refractivity contribution in [1.82, 2.24) is 0 Å². The molecule has 0 aromatic carbocycles. The molecular formula is C6H11Na3O16S3. The molecule has 0 aliphatic heterocycles. The van der Waals surface area contributed by atoms with Gasteiger partial charge in [0.1, 0.15) is 5.60 Å². The van der Waals surface area contributed by atoms with Crippen LogP contribution in [-0.2, 0) is 48.5 Å². The second-order valence-corrected chi connectivity index (χ2v) is 4.49. The minimum atomic E-state index is -2.97. The molecule has 0 heterocycles. The third kappa shape index (κ3) is 63.0. The molecule has 152 valence electrons. The summed E-state index contributed by atoms with van der Waals surface area (Å²) in [4.78, 5) is 30.0. The Labute approximate surface area is 231 Å². The summed E-state index contributed by atoms with van der Waals surface area (Å²) >= 11 is -7.83. The van der Waals surface area contributed by atoms with Crippen molar-refractivity contribution in [2.24, 2.45) is 0 Å². The molecule has 0 spiro atoms. The molecule has 0 rings (SSSR count). The second kappa shape index (κ2) is 28.6. The molecule has 0 aliphatic carbocycles. The van der Waals surface area contributed by atoms with Crippen LogP contribution in [0, 0.1) is 0 Å². The zero-order chi connectivity index (χ0) is 21.4. The molecule has 16 nitrogen and oxygen atoms in total. The molecule has 0 aliphatic rings. The van der Waals surface area contributed by atoms with Crippen LogP contribution in [0.1, 0.15) is 12.8 Å². The molecule has 7 N–H and O–H groups in total. The Balaban J connectivity index is -0.0000000493. The SMILES string of the molecule is O=C([O-])CC(O)(CC(=O)[O-])C(=O)[O-].O=S(O)O.O=S(O)O.O=S(O)O.[Na+].[Na+].[Na+]. The third-order valence-electron chi connectivity index (χ3n) is 1.25. The number of carbonyl (C=O) groups is 3. The first kappa shape index (κ1) is 47.4. The van der Waals surface area contributed by atoms with E-state index in [0.717, 1.165) is 0 Å². The average Bonchev–Trinajstić information content (AvgIpc) is 2.22. The van der Waals surface area contributed by atoms with Crippen molar-refractivity contribution in [3.8, 4) is 0 Å². The van der Waals surface area contributed by atoms with E-state index in [2.05, 4.69) is 0 Å². The zero-order valence-corrected chi connectivity index (χ0v) is 22.9. The summed E-state index contributed by atoms with van der Waals surface area (Å²) in [6, 6.07) is 0. The summed E-state index contributed by atoms with van der Waals surface area (Å²) in [6.45, 7) is 0. The fourth-order valence-electron chi connectivity index (χ4n) is 0.684. The van der Waals surface area contributed by atoms with Gasteiger partial charge in [-0.15, -0.1) is 0 Å². The molecule has 0 fully saturated rings. The van der Waals surface area contributed by atoms with Gasteiger partial charge < -0.3 is 34.8 Å². The van der Waals surface area contributed by atoms with Crippen LogP contribution in [0.3, 0.4) is 0 Å². The van der Waals surface area contributed by atoms with Gasteiger partial charge in [-0.2, -0.15) is 12.6 Å². The van der Waals surface area contributed by atoms with Gasteiger partial charge in [-0.05, 0) is 0 Å². The number of hydrogen-bond donors (Lipinski definition) is 7. The largest absolute Gasteiger partial charge is 1.00 e. The molecule has 28 heavy (non-hydrogen) atoms. The molecule has 0 atom stereocenters. The van der Waals surface area contributed by atoms with Gasteiger partial charge in [-0.3, -0.25) is 27.3 Å². The van der Waals surface area contributed by atoms with Crippen molar-refractivity contribution in [3.05, 3.63) is 0 Å². The van der Waals surface area contributed by atoms with E-state index in [4.69, 9.17) is 45.0 Å². The van der Waals surface area contributed by atoms with Crippen molar-refractivity contribution in [2.75, 3.05) is 0 Å². The van der Waals surface area contributed by atoms with Crippen LogP contribution in [0.25, 0.3) is 0 Å². The number of carboxylic acids is 3. The fourth-order valence-corrected chi connectivity index (χ4v) is 0.684. The first-order valence-corrected chi connectivity index (χ1v) is 7.90. The van der Waals surface area contributed by atoms with Crippen LogP contribution < -0.4 is 104 Å². The molecule has 0 saturated carbocycles. The summed E-state index contributed by atoms with van der Waals surface area (Å²) in [5.41, 5.74) is -2.97. The second-order valence-electron chi connectivity index (χ2n) is 3.11. The van der Waals surface area contributed by atoms with Crippen LogP contribution in [0.15, 0.2) is 0 Å². The number of hydrogen-bond acceptors (Lipinski definition) is 10. The molecule has 22 heteroatoms. The van der Waals surface area contributed by atoms with Gasteiger partial charge in [-0.1, -0.05) is 0 Å². The van der Waals surface area contributed by atoms with Crippen molar-refractivity contribution in [3.63, 3.8) is 0 Å². The maximum Gasteiger partial charge on any atom is 1.00 e. The normalized spacial score (nSPS) is 8.79. The van der Waals surface area contributed by atoms with E-state index in [1.54, 1.807) is 0 Å². The van der Waals surface area contributed by atoms with Crippen LogP contribution >= 0.6 is 0 Å². The van der Waals surface area contributed by atoms with E-state index in [9.17, 15) is 29.7 Å². The number of rotatable bonds is 5. The van der Waals surface area contributed by atoms with Crippen LogP contribution in [0.4, 0.5) is 0 Å². The van der Waals surface area contributed by atoms with E-state index < -0.39 is 70.4 Å². The Morgan fingerprint density at radius 3 is 0.857 bits per heavy atom. The van der Waals surface area contributed by atoms with Crippen LogP contribution in [0.2, 0.25) is 0 Å². The molecular weight excluding hydrogens is 493 g/mol. The van der Waals surface area contributed by atoms with Gasteiger partial charge in [0, 0.05) is 24.8 Å². The summed E-state index contributed by atoms with van der Waals surface area (Å²) in [5.74, 6) is -5.98. The minimum Gasteiger partial charge on any atom is -0.550 e. The summed E-state index contributed by atoms with van der Waals surface area (Å²) in [6.07, 6.45) is -2.72. The number of carboxylic acid groups (broad SMARTS) is 3. The monoisotopic (exact) mass is 504 g/mol. The summed E-state index contributed by atoms with van der Waals surface area (Å²) < 4.78 is 68.5. The van der Waals surface area contributed by atoms with Gasteiger partial charge in [0.25, 0.3) is 34.1 Å². The fraction of sp³-hybridized carbons (Fsp3) is 0.500. The average molecular weight is 504 g/mol. The first-order chi connectivity index (χ1) is 11.0. The molecule has 0 radical (unpaired) electrons. The van der Waals surface area contributed by atoms with Gasteiger partial charge in [0.05, 0.1) is 5.97 Å². The van der Waals surface area contributed by atoms with Crippen molar-refractivity contribution in [1.29, 1.82) is 0 Å². The van der Waals surface area contributed by atoms with E-state index in [1.807, 2.05) is 0 Å². The first-order valence-electron chi connectivity index (χ1n) is 4.71.